The highest BCUT2D eigenvalue weighted by molar-refractivity contribution is 5.68. The van der Waals surface area contributed by atoms with Gasteiger partial charge in [0.2, 0.25) is 0 Å². The van der Waals surface area contributed by atoms with Crippen molar-refractivity contribution in [1.82, 2.24) is 20.2 Å². The molecule has 3 heterocycles. The van der Waals surface area contributed by atoms with Crippen molar-refractivity contribution in [1.29, 1.82) is 0 Å². The molecule has 0 radical (unpaired) electrons. The van der Waals surface area contributed by atoms with Crippen molar-refractivity contribution in [3.63, 3.8) is 0 Å². The first-order chi connectivity index (χ1) is 11.3. The smallest absolute Gasteiger partial charge is 0.161 e. The van der Waals surface area contributed by atoms with Gasteiger partial charge in [0.15, 0.2) is 5.82 Å². The summed E-state index contributed by atoms with van der Waals surface area (Å²) in [6, 6.07) is 11.9. The summed E-state index contributed by atoms with van der Waals surface area (Å²) in [6.45, 7) is 1.45. The van der Waals surface area contributed by atoms with E-state index in [0.29, 0.717) is 12.4 Å². The minimum Gasteiger partial charge on any atom is -0.391 e. The van der Waals surface area contributed by atoms with Crippen LogP contribution in [0.1, 0.15) is 6.42 Å². The van der Waals surface area contributed by atoms with Gasteiger partial charge in [-0.25, -0.2) is 9.97 Å². The van der Waals surface area contributed by atoms with E-state index in [1.54, 1.807) is 12.4 Å². The van der Waals surface area contributed by atoms with Crippen LogP contribution in [0.2, 0.25) is 0 Å². The summed E-state index contributed by atoms with van der Waals surface area (Å²) in [6.07, 6.45) is 4.02. The quantitative estimate of drug-likeness (QED) is 0.775. The Morgan fingerprint density at radius 1 is 1.13 bits per heavy atom. The van der Waals surface area contributed by atoms with Gasteiger partial charge >= 0.3 is 0 Å². The number of aliphatic hydroxyl groups is 1. The fraction of sp³-hybridized carbons (Fsp3) is 0.235. The van der Waals surface area contributed by atoms with Crippen LogP contribution >= 0.6 is 0 Å². The Morgan fingerprint density at radius 3 is 2.83 bits per heavy atom. The fourth-order valence-electron chi connectivity index (χ4n) is 2.86. The summed E-state index contributed by atoms with van der Waals surface area (Å²) in [5, 5.41) is 16.6. The molecule has 3 aromatic rings. The average Bonchev–Trinajstić information content (AvgIpc) is 3.27. The van der Waals surface area contributed by atoms with E-state index in [-0.39, 0.29) is 6.10 Å². The van der Waals surface area contributed by atoms with Crippen LogP contribution in [-0.4, -0.2) is 44.5 Å². The lowest BCUT2D eigenvalue weighted by atomic mass is 10.1. The molecule has 1 aromatic carbocycles. The van der Waals surface area contributed by atoms with Crippen molar-refractivity contribution < 1.29 is 5.11 Å². The molecule has 0 unspecified atom stereocenters. The predicted molar refractivity (Wildman–Crippen MR) is 87.9 cm³/mol. The van der Waals surface area contributed by atoms with E-state index in [9.17, 15) is 5.11 Å². The number of H-pyrrole nitrogens is 1. The van der Waals surface area contributed by atoms with Crippen molar-refractivity contribution in [2.24, 2.45) is 0 Å². The van der Waals surface area contributed by atoms with Crippen LogP contribution in [0.3, 0.4) is 0 Å². The molecule has 116 valence electrons. The number of aliphatic hydroxyl groups excluding tert-OH is 1. The number of nitrogens with zero attached hydrogens (tertiary/aromatic N) is 4. The van der Waals surface area contributed by atoms with Crippen LogP contribution < -0.4 is 4.90 Å². The third kappa shape index (κ3) is 2.80. The zero-order valence-electron chi connectivity index (χ0n) is 12.6. The normalized spacial score (nSPS) is 17.6. The summed E-state index contributed by atoms with van der Waals surface area (Å²) < 4.78 is 0. The van der Waals surface area contributed by atoms with Gasteiger partial charge in [0.25, 0.3) is 0 Å². The molecule has 2 aromatic heterocycles. The largest absolute Gasteiger partial charge is 0.391 e. The maximum atomic E-state index is 9.69. The molecular formula is C17H17N5O. The lowest BCUT2D eigenvalue weighted by molar-refractivity contribution is 0.198. The number of benzene rings is 1. The SMILES string of the molecule is O[C@H]1CCN(c2ccnc(-c3cccc(-c4ccn[nH]4)c3)n2)C1. The molecule has 4 rings (SSSR count). The molecule has 0 bridgehead atoms. The van der Waals surface area contributed by atoms with Gasteiger partial charge in [-0.2, -0.15) is 5.10 Å². The highest BCUT2D eigenvalue weighted by atomic mass is 16.3. The number of aromatic amines is 1. The molecule has 6 heteroatoms. The summed E-state index contributed by atoms with van der Waals surface area (Å²) in [4.78, 5) is 11.1. The summed E-state index contributed by atoms with van der Waals surface area (Å²) in [7, 11) is 0. The van der Waals surface area contributed by atoms with Crippen molar-refractivity contribution in [3.05, 3.63) is 48.8 Å². The lowest BCUT2D eigenvalue weighted by Gasteiger charge is -2.16. The Kier molecular flexibility index (Phi) is 3.51. The molecule has 0 aliphatic carbocycles. The van der Waals surface area contributed by atoms with Gasteiger partial charge in [0.1, 0.15) is 5.82 Å². The molecular weight excluding hydrogens is 290 g/mol. The minimum absolute atomic E-state index is 0.267. The Balaban J connectivity index is 1.67. The van der Waals surface area contributed by atoms with Gasteiger partial charge in [-0.1, -0.05) is 18.2 Å². The molecule has 6 nitrogen and oxygen atoms in total. The maximum Gasteiger partial charge on any atom is 0.161 e. The van der Waals surface area contributed by atoms with Gasteiger partial charge in [0.05, 0.1) is 11.8 Å². The molecule has 1 fully saturated rings. The van der Waals surface area contributed by atoms with Gasteiger partial charge in [0, 0.05) is 36.6 Å². The van der Waals surface area contributed by atoms with Crippen LogP contribution in [-0.2, 0) is 0 Å². The first-order valence-electron chi connectivity index (χ1n) is 7.66. The van der Waals surface area contributed by atoms with E-state index in [0.717, 1.165) is 35.6 Å². The van der Waals surface area contributed by atoms with Crippen molar-refractivity contribution >= 4 is 5.82 Å². The van der Waals surface area contributed by atoms with Crippen LogP contribution in [0.4, 0.5) is 5.82 Å². The Bertz CT molecular complexity index is 802. The average molecular weight is 307 g/mol. The highest BCUT2D eigenvalue weighted by Gasteiger charge is 2.21. The molecule has 1 aliphatic heterocycles. The van der Waals surface area contributed by atoms with E-state index >= 15 is 0 Å². The fourth-order valence-corrected chi connectivity index (χ4v) is 2.86. The summed E-state index contributed by atoms with van der Waals surface area (Å²) >= 11 is 0. The maximum absolute atomic E-state index is 9.69. The van der Waals surface area contributed by atoms with Crippen molar-refractivity contribution in [2.45, 2.75) is 12.5 Å². The van der Waals surface area contributed by atoms with Gasteiger partial charge in [-0.05, 0) is 24.6 Å². The predicted octanol–water partition coefficient (Wildman–Crippen LogP) is 2.10. The third-order valence-corrected chi connectivity index (χ3v) is 4.06. The standard InChI is InChI=1S/C17H17N5O/c23-14-6-9-22(11-14)16-5-7-18-17(20-16)13-3-1-2-12(10-13)15-4-8-19-21-15/h1-5,7-8,10,14,23H,6,9,11H2,(H,19,21)/t14-/m0/s1. The van der Waals surface area contributed by atoms with Crippen LogP contribution in [0.5, 0.6) is 0 Å². The minimum atomic E-state index is -0.267. The molecule has 0 saturated carbocycles. The molecule has 23 heavy (non-hydrogen) atoms. The van der Waals surface area contributed by atoms with Crippen LogP contribution in [0.25, 0.3) is 22.6 Å². The third-order valence-electron chi connectivity index (χ3n) is 4.06. The highest BCUT2D eigenvalue weighted by Crippen LogP contribution is 2.25. The lowest BCUT2D eigenvalue weighted by Crippen LogP contribution is -2.22. The van der Waals surface area contributed by atoms with Gasteiger partial charge in [-0.15, -0.1) is 0 Å². The zero-order chi connectivity index (χ0) is 15.6. The molecule has 0 spiro atoms. The van der Waals surface area contributed by atoms with Crippen LogP contribution in [0, 0.1) is 0 Å². The van der Waals surface area contributed by atoms with E-state index in [4.69, 9.17) is 0 Å². The summed E-state index contributed by atoms with van der Waals surface area (Å²) in [5.41, 5.74) is 2.97. The number of β-amino-alcohol motifs (C(OH)–C–C–N with tert-alkyl or cyclic N) is 1. The Hall–Kier alpha value is -2.73. The van der Waals surface area contributed by atoms with E-state index in [2.05, 4.69) is 25.1 Å². The topological polar surface area (TPSA) is 77.9 Å². The van der Waals surface area contributed by atoms with Crippen molar-refractivity contribution in [3.8, 4) is 22.6 Å². The second-order valence-electron chi connectivity index (χ2n) is 5.68. The number of rotatable bonds is 3. The first-order valence-corrected chi connectivity index (χ1v) is 7.66. The molecule has 1 atom stereocenters. The first kappa shape index (κ1) is 13.9. The second kappa shape index (κ2) is 5.81. The number of hydrogen-bond acceptors (Lipinski definition) is 5. The Labute approximate surface area is 133 Å². The van der Waals surface area contributed by atoms with E-state index in [1.165, 1.54) is 0 Å². The zero-order valence-corrected chi connectivity index (χ0v) is 12.6. The number of aromatic nitrogens is 4. The van der Waals surface area contributed by atoms with E-state index in [1.807, 2.05) is 36.4 Å². The molecule has 2 N–H and O–H groups in total. The number of hydrogen-bond donors (Lipinski definition) is 2. The van der Waals surface area contributed by atoms with Gasteiger partial charge < -0.3 is 10.0 Å². The van der Waals surface area contributed by atoms with E-state index < -0.39 is 0 Å². The Morgan fingerprint density at radius 2 is 2.04 bits per heavy atom. The second-order valence-corrected chi connectivity index (χ2v) is 5.68. The molecule has 0 amide bonds. The molecule has 1 aliphatic rings. The van der Waals surface area contributed by atoms with Gasteiger partial charge in [-0.3, -0.25) is 5.10 Å². The number of nitrogens with one attached hydrogen (secondary N) is 1. The van der Waals surface area contributed by atoms with Crippen molar-refractivity contribution in [2.75, 3.05) is 18.0 Å². The molecule has 1 saturated heterocycles. The number of anilines is 1. The van der Waals surface area contributed by atoms with Crippen LogP contribution in [0.15, 0.2) is 48.8 Å². The monoisotopic (exact) mass is 307 g/mol. The summed E-state index contributed by atoms with van der Waals surface area (Å²) in [5.74, 6) is 1.55.